The van der Waals surface area contributed by atoms with Gasteiger partial charge in [0.15, 0.2) is 0 Å². The fourth-order valence-electron chi connectivity index (χ4n) is 1.55. The van der Waals surface area contributed by atoms with Crippen LogP contribution in [0.5, 0.6) is 6.01 Å². The minimum Gasteiger partial charge on any atom is -0.467 e. The lowest BCUT2D eigenvalue weighted by atomic mass is 10.1. The van der Waals surface area contributed by atoms with Crippen LogP contribution in [-0.4, -0.2) is 34.1 Å². The number of anilines is 2. The van der Waals surface area contributed by atoms with Gasteiger partial charge in [0.1, 0.15) is 0 Å². The molecule has 100 valence electrons. The highest BCUT2D eigenvalue weighted by atomic mass is 16.5. The van der Waals surface area contributed by atoms with E-state index in [1.54, 1.807) is 19.4 Å². The molecule has 0 aliphatic carbocycles. The Bertz CT molecular complexity index is 511. The van der Waals surface area contributed by atoms with E-state index in [-0.39, 0.29) is 12.1 Å². The predicted octanol–water partition coefficient (Wildman–Crippen LogP) is 1.49. The molecule has 2 N–H and O–H groups in total. The van der Waals surface area contributed by atoms with Crippen LogP contribution in [0, 0.1) is 0 Å². The molecule has 7 heteroatoms. The van der Waals surface area contributed by atoms with Crippen molar-refractivity contribution in [3.8, 4) is 6.01 Å². The summed E-state index contributed by atoms with van der Waals surface area (Å²) in [7, 11) is 3.26. The Hall–Kier alpha value is -2.44. The molecule has 2 rings (SSSR count). The molecule has 0 bridgehead atoms. The fourth-order valence-corrected chi connectivity index (χ4v) is 1.55. The first-order valence-corrected chi connectivity index (χ1v) is 5.87. The average molecular weight is 260 g/mol. The number of rotatable bonds is 5. The number of nitrogens with one attached hydrogen (secondary N) is 2. The van der Waals surface area contributed by atoms with Gasteiger partial charge in [-0.05, 0) is 24.6 Å². The molecule has 0 aliphatic rings. The molecule has 0 radical (unpaired) electrons. The van der Waals surface area contributed by atoms with E-state index in [1.807, 2.05) is 19.1 Å². The summed E-state index contributed by atoms with van der Waals surface area (Å²) in [4.78, 5) is 16.4. The Kier molecular flexibility index (Phi) is 4.07. The molecule has 7 nitrogen and oxygen atoms in total. The van der Waals surface area contributed by atoms with Crippen molar-refractivity contribution in [2.24, 2.45) is 0 Å². The molecule has 1 unspecified atom stereocenters. The van der Waals surface area contributed by atoms with Crippen molar-refractivity contribution in [2.45, 2.75) is 13.0 Å². The van der Waals surface area contributed by atoms with Gasteiger partial charge in [-0.2, -0.15) is 15.0 Å². The van der Waals surface area contributed by atoms with Crippen molar-refractivity contribution >= 4 is 11.9 Å². The van der Waals surface area contributed by atoms with E-state index in [0.29, 0.717) is 11.9 Å². The van der Waals surface area contributed by atoms with Gasteiger partial charge in [-0.15, -0.1) is 0 Å². The van der Waals surface area contributed by atoms with Gasteiger partial charge in [0.2, 0.25) is 11.9 Å². The van der Waals surface area contributed by atoms with E-state index in [9.17, 15) is 0 Å². The summed E-state index contributed by atoms with van der Waals surface area (Å²) in [6.45, 7) is 2.02. The number of pyridine rings is 1. The predicted molar refractivity (Wildman–Crippen MR) is 72.2 cm³/mol. The second-order valence-corrected chi connectivity index (χ2v) is 3.87. The van der Waals surface area contributed by atoms with Gasteiger partial charge in [-0.25, -0.2) is 0 Å². The van der Waals surface area contributed by atoms with E-state index in [0.717, 1.165) is 5.56 Å². The first kappa shape index (κ1) is 13.0. The number of ether oxygens (including phenoxy) is 1. The highest BCUT2D eigenvalue weighted by molar-refractivity contribution is 5.37. The molecule has 0 saturated heterocycles. The second kappa shape index (κ2) is 5.94. The van der Waals surface area contributed by atoms with Gasteiger partial charge in [0, 0.05) is 19.4 Å². The van der Waals surface area contributed by atoms with Crippen molar-refractivity contribution in [3.63, 3.8) is 0 Å². The third-order valence-corrected chi connectivity index (χ3v) is 2.57. The van der Waals surface area contributed by atoms with Gasteiger partial charge in [-0.3, -0.25) is 4.98 Å². The van der Waals surface area contributed by atoms with Crippen molar-refractivity contribution in [2.75, 3.05) is 24.8 Å². The van der Waals surface area contributed by atoms with E-state index in [2.05, 4.69) is 30.6 Å². The molecule has 0 aromatic carbocycles. The molecular formula is C12H16N6O. The van der Waals surface area contributed by atoms with Crippen LogP contribution in [0.4, 0.5) is 11.9 Å². The Balaban J connectivity index is 2.18. The minimum atomic E-state index is 0.0554. The quantitative estimate of drug-likeness (QED) is 0.842. The first-order chi connectivity index (χ1) is 9.22. The van der Waals surface area contributed by atoms with Crippen LogP contribution in [0.1, 0.15) is 18.5 Å². The van der Waals surface area contributed by atoms with E-state index in [1.165, 1.54) is 7.11 Å². The minimum absolute atomic E-state index is 0.0554. The number of aromatic nitrogens is 4. The normalized spacial score (nSPS) is 11.7. The summed E-state index contributed by atoms with van der Waals surface area (Å²) < 4.78 is 5.03. The van der Waals surface area contributed by atoms with Crippen LogP contribution in [0.3, 0.4) is 0 Å². The maximum atomic E-state index is 5.03. The van der Waals surface area contributed by atoms with Crippen LogP contribution < -0.4 is 15.4 Å². The molecule has 2 heterocycles. The van der Waals surface area contributed by atoms with Crippen molar-refractivity contribution in [3.05, 3.63) is 30.1 Å². The standard InChI is InChI=1S/C12H16N6O/c1-8(9-4-6-14-7-5-9)15-11-16-10(13-2)17-12(18-11)19-3/h4-8H,1-3H3,(H2,13,15,16,17,18). The Labute approximate surface area is 111 Å². The molecule has 1 atom stereocenters. The maximum absolute atomic E-state index is 5.03. The van der Waals surface area contributed by atoms with Crippen molar-refractivity contribution < 1.29 is 4.74 Å². The Morgan fingerprint density at radius 2 is 1.79 bits per heavy atom. The van der Waals surface area contributed by atoms with Crippen LogP contribution in [-0.2, 0) is 0 Å². The summed E-state index contributed by atoms with van der Waals surface area (Å²) in [6.07, 6.45) is 3.50. The van der Waals surface area contributed by atoms with Crippen molar-refractivity contribution in [1.82, 2.24) is 19.9 Å². The maximum Gasteiger partial charge on any atom is 0.322 e. The first-order valence-electron chi connectivity index (χ1n) is 5.87. The second-order valence-electron chi connectivity index (χ2n) is 3.87. The highest BCUT2D eigenvalue weighted by Gasteiger charge is 2.10. The van der Waals surface area contributed by atoms with Gasteiger partial charge in [0.05, 0.1) is 13.2 Å². The van der Waals surface area contributed by atoms with Gasteiger partial charge in [-0.1, -0.05) is 0 Å². The Morgan fingerprint density at radius 1 is 1.11 bits per heavy atom. The summed E-state index contributed by atoms with van der Waals surface area (Å²) >= 11 is 0. The lowest BCUT2D eigenvalue weighted by Gasteiger charge is -2.14. The monoisotopic (exact) mass is 260 g/mol. The van der Waals surface area contributed by atoms with Crippen LogP contribution in [0.15, 0.2) is 24.5 Å². The molecule has 0 amide bonds. The topological polar surface area (TPSA) is 84.9 Å². The smallest absolute Gasteiger partial charge is 0.322 e. The van der Waals surface area contributed by atoms with Crippen molar-refractivity contribution in [1.29, 1.82) is 0 Å². The number of methoxy groups -OCH3 is 1. The van der Waals surface area contributed by atoms with Gasteiger partial charge in [0.25, 0.3) is 0 Å². The summed E-state index contributed by atoms with van der Waals surface area (Å²) in [5.41, 5.74) is 1.10. The molecular weight excluding hydrogens is 244 g/mol. The van der Waals surface area contributed by atoms with Crippen LogP contribution >= 0.6 is 0 Å². The fraction of sp³-hybridized carbons (Fsp3) is 0.333. The molecule has 0 fully saturated rings. The lowest BCUT2D eigenvalue weighted by Crippen LogP contribution is -2.12. The molecule has 2 aromatic rings. The third-order valence-electron chi connectivity index (χ3n) is 2.57. The lowest BCUT2D eigenvalue weighted by molar-refractivity contribution is 0.379. The largest absolute Gasteiger partial charge is 0.467 e. The van der Waals surface area contributed by atoms with Gasteiger partial charge < -0.3 is 15.4 Å². The zero-order valence-corrected chi connectivity index (χ0v) is 11.1. The molecule has 0 spiro atoms. The molecule has 0 aliphatic heterocycles. The third kappa shape index (κ3) is 3.27. The highest BCUT2D eigenvalue weighted by Crippen LogP contribution is 2.17. The molecule has 0 saturated carbocycles. The summed E-state index contributed by atoms with van der Waals surface area (Å²) in [6, 6.07) is 4.20. The molecule has 2 aromatic heterocycles. The number of nitrogens with zero attached hydrogens (tertiary/aromatic N) is 4. The summed E-state index contributed by atoms with van der Waals surface area (Å²) in [5, 5.41) is 6.06. The van der Waals surface area contributed by atoms with Crippen LogP contribution in [0.2, 0.25) is 0 Å². The number of hydrogen-bond donors (Lipinski definition) is 2. The SMILES string of the molecule is CNc1nc(NC(C)c2ccncc2)nc(OC)n1. The van der Waals surface area contributed by atoms with Gasteiger partial charge >= 0.3 is 6.01 Å². The average Bonchev–Trinajstić information content (AvgIpc) is 2.47. The van der Waals surface area contributed by atoms with E-state index >= 15 is 0 Å². The summed E-state index contributed by atoms with van der Waals surface area (Å²) in [5.74, 6) is 0.914. The Morgan fingerprint density at radius 3 is 2.42 bits per heavy atom. The zero-order chi connectivity index (χ0) is 13.7. The molecule has 19 heavy (non-hydrogen) atoms. The van der Waals surface area contributed by atoms with E-state index < -0.39 is 0 Å². The van der Waals surface area contributed by atoms with E-state index in [4.69, 9.17) is 4.74 Å². The zero-order valence-electron chi connectivity index (χ0n) is 11.1. The van der Waals surface area contributed by atoms with Crippen LogP contribution in [0.25, 0.3) is 0 Å². The number of hydrogen-bond acceptors (Lipinski definition) is 7.